The van der Waals surface area contributed by atoms with Crippen molar-refractivity contribution in [3.05, 3.63) is 28.8 Å². The van der Waals surface area contributed by atoms with Gasteiger partial charge in [-0.2, -0.15) is 0 Å². The average Bonchev–Trinajstić information content (AvgIpc) is 2.41. The number of nitrogens with two attached hydrogens (primary N) is 1. The van der Waals surface area contributed by atoms with Crippen LogP contribution >= 0.6 is 11.6 Å². The number of sulfonamides is 1. The lowest BCUT2D eigenvalue weighted by Crippen LogP contribution is -2.28. The summed E-state index contributed by atoms with van der Waals surface area (Å²) >= 11 is 5.98. The molecule has 1 rings (SSSR count). The van der Waals surface area contributed by atoms with Crippen molar-refractivity contribution in [1.29, 1.82) is 0 Å². The van der Waals surface area contributed by atoms with Crippen LogP contribution in [-0.2, 0) is 21.3 Å². The Balaban J connectivity index is 2.50. The van der Waals surface area contributed by atoms with Gasteiger partial charge < -0.3 is 10.5 Å². The van der Waals surface area contributed by atoms with E-state index in [9.17, 15) is 8.42 Å². The highest BCUT2D eigenvalue weighted by molar-refractivity contribution is 7.89. The highest BCUT2D eigenvalue weighted by atomic mass is 35.5. The minimum atomic E-state index is -3.62. The van der Waals surface area contributed by atoms with Crippen LogP contribution in [0.25, 0.3) is 0 Å². The molecule has 0 amide bonds. The quantitative estimate of drug-likeness (QED) is 0.678. The molecule has 1 aromatic rings. The van der Waals surface area contributed by atoms with Gasteiger partial charge in [0.15, 0.2) is 0 Å². The summed E-state index contributed by atoms with van der Waals surface area (Å²) in [5, 5.41) is 0.172. The molecule has 120 valence electrons. The Hall–Kier alpha value is -0.660. The molecule has 0 saturated heterocycles. The second-order valence-electron chi connectivity index (χ2n) is 5.16. The normalized spacial score (nSPS) is 12.0. The SMILES string of the molecule is CC(C)CCOCCNS(=O)(=O)c1ccc(CN)cc1Cl. The summed E-state index contributed by atoms with van der Waals surface area (Å²) in [5.74, 6) is 0.571. The fraction of sp³-hybridized carbons (Fsp3) is 0.571. The molecule has 1 aromatic carbocycles. The third-order valence-electron chi connectivity index (χ3n) is 2.90. The Morgan fingerprint density at radius 1 is 1.33 bits per heavy atom. The maximum atomic E-state index is 12.1. The van der Waals surface area contributed by atoms with E-state index in [0.717, 1.165) is 12.0 Å². The smallest absolute Gasteiger partial charge is 0.242 e. The van der Waals surface area contributed by atoms with Gasteiger partial charge in [-0.25, -0.2) is 13.1 Å². The van der Waals surface area contributed by atoms with Gasteiger partial charge in [0.05, 0.1) is 11.6 Å². The molecule has 0 unspecified atom stereocenters. The lowest BCUT2D eigenvalue weighted by Gasteiger charge is -2.10. The van der Waals surface area contributed by atoms with Crippen LogP contribution in [0, 0.1) is 5.92 Å². The van der Waals surface area contributed by atoms with E-state index >= 15 is 0 Å². The molecule has 0 aliphatic heterocycles. The number of benzene rings is 1. The van der Waals surface area contributed by atoms with Crippen molar-refractivity contribution in [2.75, 3.05) is 19.8 Å². The maximum absolute atomic E-state index is 12.1. The molecule has 0 aromatic heterocycles. The minimum absolute atomic E-state index is 0.0588. The van der Waals surface area contributed by atoms with Crippen LogP contribution < -0.4 is 10.5 Å². The lowest BCUT2D eigenvalue weighted by molar-refractivity contribution is 0.128. The molecule has 0 saturated carbocycles. The van der Waals surface area contributed by atoms with Gasteiger partial charge >= 0.3 is 0 Å². The molecule has 0 radical (unpaired) electrons. The zero-order chi connectivity index (χ0) is 15.9. The van der Waals surface area contributed by atoms with Gasteiger partial charge in [0.1, 0.15) is 4.90 Å². The van der Waals surface area contributed by atoms with Crippen molar-refractivity contribution in [3.63, 3.8) is 0 Å². The van der Waals surface area contributed by atoms with Crippen LogP contribution in [0.4, 0.5) is 0 Å². The summed E-state index contributed by atoms with van der Waals surface area (Å²) in [6, 6.07) is 4.68. The van der Waals surface area contributed by atoms with Crippen LogP contribution in [0.5, 0.6) is 0 Å². The summed E-state index contributed by atoms with van der Waals surface area (Å²) in [6.07, 6.45) is 0.957. The van der Waals surface area contributed by atoms with Gasteiger partial charge in [-0.05, 0) is 30.0 Å². The molecule has 0 aliphatic carbocycles. The number of ether oxygens (including phenoxy) is 1. The average molecular weight is 335 g/mol. The van der Waals surface area contributed by atoms with Crippen molar-refractivity contribution < 1.29 is 13.2 Å². The standard InChI is InChI=1S/C14H23ClN2O3S/c1-11(2)5-7-20-8-6-17-21(18,19)14-4-3-12(10-16)9-13(14)15/h3-4,9,11,17H,5-8,10,16H2,1-2H3. The van der Waals surface area contributed by atoms with Crippen LogP contribution in [0.2, 0.25) is 5.02 Å². The number of rotatable bonds is 9. The summed E-state index contributed by atoms with van der Waals surface area (Å²) < 4.78 is 32.1. The van der Waals surface area contributed by atoms with Crippen molar-refractivity contribution in [1.82, 2.24) is 4.72 Å². The predicted octanol–water partition coefficient (Wildman–Crippen LogP) is 2.14. The van der Waals surface area contributed by atoms with Crippen LogP contribution in [0.1, 0.15) is 25.8 Å². The third kappa shape index (κ3) is 6.32. The second kappa shape index (κ2) is 8.70. The summed E-state index contributed by atoms with van der Waals surface area (Å²) in [7, 11) is -3.62. The van der Waals surface area contributed by atoms with E-state index in [-0.39, 0.29) is 16.5 Å². The van der Waals surface area contributed by atoms with Gasteiger partial charge in [-0.15, -0.1) is 0 Å². The number of nitrogens with one attached hydrogen (secondary N) is 1. The summed E-state index contributed by atoms with van der Waals surface area (Å²) in [4.78, 5) is 0.0588. The predicted molar refractivity (Wildman–Crippen MR) is 84.8 cm³/mol. The maximum Gasteiger partial charge on any atom is 0.242 e. The fourth-order valence-corrected chi connectivity index (χ4v) is 3.21. The third-order valence-corrected chi connectivity index (χ3v) is 4.84. The summed E-state index contributed by atoms with van der Waals surface area (Å²) in [6.45, 7) is 5.72. The molecule has 0 bridgehead atoms. The zero-order valence-electron chi connectivity index (χ0n) is 12.4. The fourth-order valence-electron chi connectivity index (χ4n) is 1.64. The Labute approximate surface area is 131 Å². The van der Waals surface area contributed by atoms with Crippen LogP contribution in [-0.4, -0.2) is 28.2 Å². The van der Waals surface area contributed by atoms with Gasteiger partial charge in [0, 0.05) is 19.7 Å². The molecule has 7 heteroatoms. The van der Waals surface area contributed by atoms with Gasteiger partial charge in [0.2, 0.25) is 10.0 Å². The molecule has 0 heterocycles. The Kier molecular flexibility index (Phi) is 7.62. The van der Waals surface area contributed by atoms with E-state index in [2.05, 4.69) is 18.6 Å². The Morgan fingerprint density at radius 3 is 2.62 bits per heavy atom. The molecule has 0 fully saturated rings. The Morgan fingerprint density at radius 2 is 2.05 bits per heavy atom. The van der Waals surface area contributed by atoms with E-state index in [1.807, 2.05) is 0 Å². The molecular formula is C14H23ClN2O3S. The monoisotopic (exact) mass is 334 g/mol. The first-order valence-electron chi connectivity index (χ1n) is 6.92. The molecule has 21 heavy (non-hydrogen) atoms. The molecule has 0 spiro atoms. The molecule has 0 aliphatic rings. The molecule has 0 atom stereocenters. The first kappa shape index (κ1) is 18.4. The van der Waals surface area contributed by atoms with E-state index in [0.29, 0.717) is 25.7 Å². The molecule has 5 nitrogen and oxygen atoms in total. The minimum Gasteiger partial charge on any atom is -0.380 e. The molecular weight excluding hydrogens is 312 g/mol. The van der Waals surface area contributed by atoms with E-state index < -0.39 is 10.0 Å². The second-order valence-corrected chi connectivity index (χ2v) is 7.30. The Bertz CT molecular complexity index is 547. The van der Waals surface area contributed by atoms with Crippen LogP contribution in [0.15, 0.2) is 23.1 Å². The first-order chi connectivity index (χ1) is 9.86. The number of halogens is 1. The molecule has 3 N–H and O–H groups in total. The van der Waals surface area contributed by atoms with E-state index in [1.165, 1.54) is 6.07 Å². The highest BCUT2D eigenvalue weighted by Gasteiger charge is 2.17. The van der Waals surface area contributed by atoms with Crippen molar-refractivity contribution >= 4 is 21.6 Å². The van der Waals surface area contributed by atoms with Crippen molar-refractivity contribution in [2.24, 2.45) is 11.7 Å². The topological polar surface area (TPSA) is 81.4 Å². The lowest BCUT2D eigenvalue weighted by atomic mass is 10.1. The van der Waals surface area contributed by atoms with E-state index in [4.69, 9.17) is 22.1 Å². The number of hydrogen-bond acceptors (Lipinski definition) is 4. The van der Waals surface area contributed by atoms with E-state index in [1.54, 1.807) is 12.1 Å². The van der Waals surface area contributed by atoms with Crippen molar-refractivity contribution in [3.8, 4) is 0 Å². The van der Waals surface area contributed by atoms with Gasteiger partial charge in [0.25, 0.3) is 0 Å². The zero-order valence-corrected chi connectivity index (χ0v) is 14.0. The van der Waals surface area contributed by atoms with Crippen LogP contribution in [0.3, 0.4) is 0 Å². The first-order valence-corrected chi connectivity index (χ1v) is 8.79. The van der Waals surface area contributed by atoms with Gasteiger partial charge in [-0.1, -0.05) is 31.5 Å². The summed E-state index contributed by atoms with van der Waals surface area (Å²) in [5.41, 5.74) is 6.27. The number of hydrogen-bond donors (Lipinski definition) is 2. The van der Waals surface area contributed by atoms with Gasteiger partial charge in [-0.3, -0.25) is 0 Å². The van der Waals surface area contributed by atoms with Crippen molar-refractivity contribution in [2.45, 2.75) is 31.7 Å². The highest BCUT2D eigenvalue weighted by Crippen LogP contribution is 2.22. The largest absolute Gasteiger partial charge is 0.380 e.